The van der Waals surface area contributed by atoms with Crippen LogP contribution in [0.3, 0.4) is 0 Å². The molecule has 12 aromatic carbocycles. The molecule has 16 rings (SSSR count). The maximum Gasteiger partial charge on any atom is 0.0716 e. The maximum absolute atomic E-state index is 4.01. The highest BCUT2D eigenvalue weighted by Crippen LogP contribution is 2.61. The first-order valence-electron chi connectivity index (χ1n) is 35.1. The van der Waals surface area contributed by atoms with E-state index >= 15 is 0 Å². The van der Waals surface area contributed by atoms with Gasteiger partial charge in [0.2, 0.25) is 0 Å². The average molecular weight is 1330 g/mol. The van der Waals surface area contributed by atoms with E-state index < -0.39 is 10.8 Å². The van der Waals surface area contributed by atoms with Crippen LogP contribution in [0.1, 0.15) is 91.6 Å². The zero-order chi connectivity index (χ0) is 67.9. The van der Waals surface area contributed by atoms with Gasteiger partial charge in [-0.05, 0) is 238 Å². The number of para-hydroxylation sites is 2. The minimum Gasteiger partial charge on any atom is -0.310 e. The summed E-state index contributed by atoms with van der Waals surface area (Å²) in [5.41, 5.74) is 33.7. The zero-order valence-corrected chi connectivity index (χ0v) is 59.0. The standard InChI is InChI=1S/C96H80N2S2/c1-7-69-31-35-71(36-32-69)63-99-83-53-43-75(44-54-83)95(91-59-65(3)27-29-67(91)5)89-25-17-15-23-85(89)87-57-51-81(61-93(87)95)97(77-19-11-9-12-20-77)79-47-39-73(40-48-79)74-41-49-80(50-42-74)98(78-21-13-10-14-22-78)82-52-58-88-86-24-16-18-26-90(86)96(94(88)62-82,92-60-66(4)28-30-68(92)6)76-45-55-84(56-46-76)100-64-72-37-33-70(8-2)34-38-72/h7-33,35-37,39-53,55-62,83H,1-2,34,38,54,63-64H2,3-6H3. The van der Waals surface area contributed by atoms with Gasteiger partial charge in [0, 0.05) is 55.8 Å². The number of allylic oxidation sites excluding steroid dienone is 7. The van der Waals surface area contributed by atoms with Gasteiger partial charge in [0.1, 0.15) is 0 Å². The number of anilines is 6. The molecule has 0 aromatic heterocycles. The first-order chi connectivity index (χ1) is 49.1. The van der Waals surface area contributed by atoms with Gasteiger partial charge in [-0.25, -0.2) is 0 Å². The quantitative estimate of drug-likeness (QED) is 0.0744. The molecule has 2 nitrogen and oxygen atoms in total. The number of benzene rings is 12. The lowest BCUT2D eigenvalue weighted by atomic mass is 9.65. The zero-order valence-electron chi connectivity index (χ0n) is 57.3. The molecule has 100 heavy (non-hydrogen) atoms. The third-order valence-electron chi connectivity index (χ3n) is 21.2. The maximum atomic E-state index is 4.01. The molecule has 0 spiro atoms. The first-order valence-corrected chi connectivity index (χ1v) is 37.1. The van der Waals surface area contributed by atoms with Gasteiger partial charge >= 0.3 is 0 Å². The molecule has 486 valence electrons. The number of rotatable bonds is 19. The monoisotopic (exact) mass is 1320 g/mol. The van der Waals surface area contributed by atoms with Gasteiger partial charge in [-0.2, -0.15) is 0 Å². The third-order valence-corrected chi connectivity index (χ3v) is 23.6. The Morgan fingerprint density at radius 2 is 0.920 bits per heavy atom. The Hall–Kier alpha value is -10.6. The second kappa shape index (κ2) is 27.2. The van der Waals surface area contributed by atoms with E-state index in [9.17, 15) is 0 Å². The molecule has 0 bridgehead atoms. The molecule has 0 radical (unpaired) electrons. The second-order valence-electron chi connectivity index (χ2n) is 27.3. The Morgan fingerprint density at radius 3 is 1.44 bits per heavy atom. The molecular formula is C96H80N2S2. The van der Waals surface area contributed by atoms with Gasteiger partial charge < -0.3 is 9.80 Å². The van der Waals surface area contributed by atoms with Crippen LogP contribution in [0.25, 0.3) is 39.5 Å². The van der Waals surface area contributed by atoms with Crippen molar-refractivity contribution in [1.29, 1.82) is 0 Å². The van der Waals surface area contributed by atoms with Crippen LogP contribution < -0.4 is 9.80 Å². The third kappa shape index (κ3) is 11.6. The van der Waals surface area contributed by atoms with Gasteiger partial charge in [-0.3, -0.25) is 0 Å². The molecule has 4 aliphatic carbocycles. The second-order valence-corrected chi connectivity index (χ2v) is 29.5. The number of hydrogen-bond donors (Lipinski definition) is 0. The van der Waals surface area contributed by atoms with Crippen molar-refractivity contribution < 1.29 is 0 Å². The number of aryl methyl sites for hydroxylation is 4. The van der Waals surface area contributed by atoms with Crippen molar-refractivity contribution in [3.63, 3.8) is 0 Å². The van der Waals surface area contributed by atoms with Crippen LogP contribution in [-0.2, 0) is 16.6 Å². The van der Waals surface area contributed by atoms with Crippen molar-refractivity contribution in [3.05, 3.63) is 418 Å². The summed E-state index contributed by atoms with van der Waals surface area (Å²) >= 11 is 3.94. The summed E-state index contributed by atoms with van der Waals surface area (Å²) < 4.78 is 0. The Labute approximate surface area is 599 Å². The smallest absolute Gasteiger partial charge is 0.0716 e. The molecule has 0 amide bonds. The molecule has 0 saturated carbocycles. The van der Waals surface area contributed by atoms with E-state index in [1.54, 1.807) is 0 Å². The van der Waals surface area contributed by atoms with Gasteiger partial charge in [0.05, 0.1) is 10.8 Å². The predicted octanol–water partition coefficient (Wildman–Crippen LogP) is 26.0. The molecule has 0 aliphatic heterocycles. The molecular weight excluding hydrogens is 1250 g/mol. The van der Waals surface area contributed by atoms with E-state index in [1.165, 1.54) is 111 Å². The lowest BCUT2D eigenvalue weighted by molar-refractivity contribution is 0.745. The summed E-state index contributed by atoms with van der Waals surface area (Å²) in [6, 6.07) is 105. The van der Waals surface area contributed by atoms with Crippen molar-refractivity contribution >= 4 is 63.7 Å². The van der Waals surface area contributed by atoms with E-state index in [2.05, 4.69) is 360 Å². The van der Waals surface area contributed by atoms with Crippen molar-refractivity contribution in [2.24, 2.45) is 0 Å². The van der Waals surface area contributed by atoms with Crippen molar-refractivity contribution in [2.45, 2.75) is 73.7 Å². The SMILES string of the molecule is C=CC1=CC=C(CSc2ccc(C3(c4cc(C)ccc4C)c4ccccc4-c4ccc(N(c5ccccc5)c5ccc(-c6ccc(N(c7ccccc7)c7ccc8c(c7)C(C7=CCC(SCc9ccc(C=C)cc9)C=C7)(c7cc(C)ccc7C)c7ccccc7-8)cc6)cc5)cc43)cc2)CC1. The van der Waals surface area contributed by atoms with Crippen LogP contribution in [0.2, 0.25) is 0 Å². The van der Waals surface area contributed by atoms with Crippen LogP contribution in [0.4, 0.5) is 34.1 Å². The summed E-state index contributed by atoms with van der Waals surface area (Å²) in [5, 5.41) is 0.366. The number of hydrogen-bond acceptors (Lipinski definition) is 4. The molecule has 0 fully saturated rings. The minimum atomic E-state index is -0.584. The highest BCUT2D eigenvalue weighted by molar-refractivity contribution is 7.99. The molecule has 0 N–H and O–H groups in total. The lowest BCUT2D eigenvalue weighted by Crippen LogP contribution is -2.31. The number of fused-ring (bicyclic) bond motifs is 6. The van der Waals surface area contributed by atoms with Gasteiger partial charge in [-0.15, -0.1) is 23.5 Å². The van der Waals surface area contributed by atoms with E-state index in [0.717, 1.165) is 81.6 Å². The Kier molecular flexibility index (Phi) is 17.5. The van der Waals surface area contributed by atoms with Gasteiger partial charge in [0.25, 0.3) is 0 Å². The number of nitrogens with zero attached hydrogens (tertiary/aromatic N) is 2. The van der Waals surface area contributed by atoms with Crippen molar-refractivity contribution in [2.75, 3.05) is 15.6 Å². The molecule has 12 aromatic rings. The average Bonchev–Trinajstić information content (AvgIpc) is 1.54. The Balaban J connectivity index is 0.745. The largest absolute Gasteiger partial charge is 0.310 e. The number of thioether (sulfide) groups is 2. The highest BCUT2D eigenvalue weighted by atomic mass is 32.2. The highest BCUT2D eigenvalue weighted by Gasteiger charge is 2.49. The van der Waals surface area contributed by atoms with Crippen molar-refractivity contribution in [3.8, 4) is 33.4 Å². The molecule has 3 unspecified atom stereocenters. The fourth-order valence-electron chi connectivity index (χ4n) is 16.2. The van der Waals surface area contributed by atoms with E-state index in [1.807, 2.05) is 35.7 Å². The predicted molar refractivity (Wildman–Crippen MR) is 429 cm³/mol. The van der Waals surface area contributed by atoms with Crippen LogP contribution in [-0.4, -0.2) is 11.0 Å². The summed E-state index contributed by atoms with van der Waals surface area (Å²) in [5.74, 6) is 1.93. The van der Waals surface area contributed by atoms with Crippen LogP contribution in [0, 0.1) is 27.7 Å². The Morgan fingerprint density at radius 1 is 0.420 bits per heavy atom. The molecule has 3 atom stereocenters. The first kappa shape index (κ1) is 64.1. The topological polar surface area (TPSA) is 6.48 Å². The van der Waals surface area contributed by atoms with Crippen LogP contribution >= 0.6 is 23.5 Å². The van der Waals surface area contributed by atoms with E-state index in [0.29, 0.717) is 5.25 Å². The molecule has 0 saturated heterocycles. The fraction of sp³-hybridized carbons (Fsp3) is 0.125. The van der Waals surface area contributed by atoms with E-state index in [4.69, 9.17) is 0 Å². The summed E-state index contributed by atoms with van der Waals surface area (Å²) in [7, 11) is 0. The van der Waals surface area contributed by atoms with Crippen LogP contribution in [0.15, 0.2) is 350 Å². The molecule has 4 heteroatoms. The fourth-order valence-corrected chi connectivity index (χ4v) is 18.1. The Bertz CT molecular complexity index is 5230. The molecule has 4 aliphatic rings. The van der Waals surface area contributed by atoms with E-state index in [-0.39, 0.29) is 0 Å². The summed E-state index contributed by atoms with van der Waals surface area (Å²) in [6.45, 7) is 17.0. The lowest BCUT2D eigenvalue weighted by Gasteiger charge is -2.38. The van der Waals surface area contributed by atoms with Gasteiger partial charge in [-0.1, -0.05) is 267 Å². The minimum absolute atomic E-state index is 0.366. The molecule has 0 heterocycles. The van der Waals surface area contributed by atoms with Crippen molar-refractivity contribution in [1.82, 2.24) is 0 Å². The summed E-state index contributed by atoms with van der Waals surface area (Å²) in [4.78, 5) is 6.15. The summed E-state index contributed by atoms with van der Waals surface area (Å²) in [6.07, 6.45) is 19.0. The normalized spacial score (nSPS) is 17.0. The van der Waals surface area contributed by atoms with Gasteiger partial charge in [0.15, 0.2) is 0 Å². The van der Waals surface area contributed by atoms with Crippen LogP contribution in [0.5, 0.6) is 0 Å².